The molecule has 1 unspecified atom stereocenters. The van der Waals surface area contributed by atoms with Gasteiger partial charge in [0.1, 0.15) is 5.82 Å². The summed E-state index contributed by atoms with van der Waals surface area (Å²) in [5, 5.41) is 0. The zero-order valence-corrected chi connectivity index (χ0v) is 12.6. The zero-order chi connectivity index (χ0) is 15.4. The van der Waals surface area contributed by atoms with Gasteiger partial charge in [-0.05, 0) is 30.0 Å². The highest BCUT2D eigenvalue weighted by atomic mass is 35.5. The van der Waals surface area contributed by atoms with Crippen LogP contribution in [0.1, 0.15) is 37.7 Å². The van der Waals surface area contributed by atoms with Gasteiger partial charge in [-0.15, -0.1) is 11.6 Å². The first-order chi connectivity index (χ1) is 9.74. The summed E-state index contributed by atoms with van der Waals surface area (Å²) in [4.78, 5) is 4.38. The molecule has 0 bridgehead atoms. The second-order valence-corrected chi connectivity index (χ2v) is 6.62. The molecule has 1 aliphatic rings. The van der Waals surface area contributed by atoms with Crippen molar-refractivity contribution < 1.29 is 13.2 Å². The lowest BCUT2D eigenvalue weighted by Crippen LogP contribution is -2.07. The molecule has 0 amide bonds. The van der Waals surface area contributed by atoms with E-state index in [9.17, 15) is 13.2 Å². The van der Waals surface area contributed by atoms with Crippen molar-refractivity contribution in [3.8, 4) is 0 Å². The minimum Gasteiger partial charge on any atom is -0.324 e. The molecule has 0 spiro atoms. The molecule has 1 aromatic carbocycles. The van der Waals surface area contributed by atoms with E-state index in [1.165, 1.54) is 6.07 Å². The summed E-state index contributed by atoms with van der Waals surface area (Å²) in [5.41, 5.74) is 0.663. The molecule has 0 aliphatic heterocycles. The van der Waals surface area contributed by atoms with Crippen LogP contribution in [0.25, 0.3) is 11.0 Å². The topological polar surface area (TPSA) is 17.8 Å². The fourth-order valence-electron chi connectivity index (χ4n) is 2.81. The third kappa shape index (κ3) is 2.52. The van der Waals surface area contributed by atoms with E-state index in [0.29, 0.717) is 17.8 Å². The van der Waals surface area contributed by atoms with Crippen LogP contribution < -0.4 is 0 Å². The first-order valence-electron chi connectivity index (χ1n) is 6.88. The summed E-state index contributed by atoms with van der Waals surface area (Å²) in [6.07, 6.45) is -2.78. The summed E-state index contributed by atoms with van der Waals surface area (Å²) in [6.45, 7) is 4.30. The molecule has 1 saturated carbocycles. The van der Waals surface area contributed by atoms with Gasteiger partial charge in [0, 0.05) is 18.3 Å². The molecular formula is C15H16ClF3N2. The van der Waals surface area contributed by atoms with Gasteiger partial charge < -0.3 is 4.57 Å². The summed E-state index contributed by atoms with van der Waals surface area (Å²) in [6, 6.07) is 4.06. The molecule has 0 N–H and O–H groups in total. The van der Waals surface area contributed by atoms with Crippen molar-refractivity contribution in [1.82, 2.24) is 9.55 Å². The molecular weight excluding hydrogens is 301 g/mol. The SMILES string of the molecule is CC1(C)CC1n1c(CCCl)nc2cc(C(F)(F)F)ccc21. The Hall–Kier alpha value is -1.23. The van der Waals surface area contributed by atoms with E-state index in [-0.39, 0.29) is 11.5 Å². The van der Waals surface area contributed by atoms with Crippen molar-refractivity contribution in [2.24, 2.45) is 5.41 Å². The lowest BCUT2D eigenvalue weighted by Gasteiger charge is -2.11. The minimum atomic E-state index is -4.34. The molecule has 1 fully saturated rings. The maximum absolute atomic E-state index is 12.8. The smallest absolute Gasteiger partial charge is 0.324 e. The van der Waals surface area contributed by atoms with Gasteiger partial charge in [0.25, 0.3) is 0 Å². The van der Waals surface area contributed by atoms with Crippen LogP contribution in [-0.2, 0) is 12.6 Å². The van der Waals surface area contributed by atoms with Crippen LogP contribution in [0.15, 0.2) is 18.2 Å². The van der Waals surface area contributed by atoms with Gasteiger partial charge in [0.05, 0.1) is 16.6 Å². The number of rotatable bonds is 3. The van der Waals surface area contributed by atoms with Crippen molar-refractivity contribution >= 4 is 22.6 Å². The van der Waals surface area contributed by atoms with Crippen LogP contribution in [0, 0.1) is 5.41 Å². The van der Waals surface area contributed by atoms with E-state index in [0.717, 1.165) is 29.9 Å². The number of benzene rings is 1. The summed E-state index contributed by atoms with van der Waals surface area (Å²) in [7, 11) is 0. The van der Waals surface area contributed by atoms with Crippen LogP contribution in [-0.4, -0.2) is 15.4 Å². The maximum Gasteiger partial charge on any atom is 0.416 e. The van der Waals surface area contributed by atoms with Crippen molar-refractivity contribution in [1.29, 1.82) is 0 Å². The van der Waals surface area contributed by atoms with Crippen molar-refractivity contribution in [2.75, 3.05) is 5.88 Å². The molecule has 3 rings (SSSR count). The minimum absolute atomic E-state index is 0.164. The Bertz CT molecular complexity index is 688. The number of alkyl halides is 4. The molecule has 1 atom stereocenters. The molecule has 0 saturated heterocycles. The average Bonchev–Trinajstić information content (AvgIpc) is 2.84. The second-order valence-electron chi connectivity index (χ2n) is 6.25. The average molecular weight is 317 g/mol. The highest BCUT2D eigenvalue weighted by Gasteiger charge is 2.48. The molecule has 1 aromatic heterocycles. The van der Waals surface area contributed by atoms with E-state index < -0.39 is 11.7 Å². The Morgan fingerprint density at radius 3 is 2.57 bits per heavy atom. The fraction of sp³-hybridized carbons (Fsp3) is 0.533. The second kappa shape index (κ2) is 4.63. The van der Waals surface area contributed by atoms with Crippen molar-refractivity contribution in [3.05, 3.63) is 29.6 Å². The van der Waals surface area contributed by atoms with Crippen LogP contribution in [0.4, 0.5) is 13.2 Å². The number of aryl methyl sites for hydroxylation is 1. The highest BCUT2D eigenvalue weighted by Crippen LogP contribution is 2.56. The predicted octanol–water partition coefficient (Wildman–Crippen LogP) is 4.81. The molecule has 6 heteroatoms. The lowest BCUT2D eigenvalue weighted by atomic mass is 10.1. The van der Waals surface area contributed by atoms with Gasteiger partial charge in [0.15, 0.2) is 0 Å². The molecule has 21 heavy (non-hydrogen) atoms. The van der Waals surface area contributed by atoms with E-state index in [4.69, 9.17) is 11.6 Å². The standard InChI is InChI=1S/C15H16ClF3N2/c1-14(2)8-12(14)21-11-4-3-9(15(17,18)19)7-10(11)20-13(21)5-6-16/h3-4,7,12H,5-6,8H2,1-2H3. The Labute approximate surface area is 125 Å². The molecule has 1 aliphatic carbocycles. The van der Waals surface area contributed by atoms with Crippen molar-refractivity contribution in [3.63, 3.8) is 0 Å². The van der Waals surface area contributed by atoms with Crippen LogP contribution >= 0.6 is 11.6 Å². The number of hydrogen-bond donors (Lipinski definition) is 0. The largest absolute Gasteiger partial charge is 0.416 e. The number of imidazole rings is 1. The Morgan fingerprint density at radius 2 is 2.05 bits per heavy atom. The van der Waals surface area contributed by atoms with Crippen LogP contribution in [0.2, 0.25) is 0 Å². The third-order valence-electron chi connectivity index (χ3n) is 4.18. The summed E-state index contributed by atoms with van der Waals surface area (Å²) >= 11 is 5.80. The Kier molecular flexibility index (Phi) is 3.24. The molecule has 2 aromatic rings. The van der Waals surface area contributed by atoms with Crippen LogP contribution in [0.5, 0.6) is 0 Å². The van der Waals surface area contributed by atoms with E-state index in [1.807, 2.05) is 0 Å². The molecule has 114 valence electrons. The van der Waals surface area contributed by atoms with Crippen LogP contribution in [0.3, 0.4) is 0 Å². The van der Waals surface area contributed by atoms with Gasteiger partial charge in [-0.2, -0.15) is 13.2 Å². The number of halogens is 4. The fourth-order valence-corrected chi connectivity index (χ4v) is 2.98. The maximum atomic E-state index is 12.8. The number of hydrogen-bond acceptors (Lipinski definition) is 1. The predicted molar refractivity (Wildman–Crippen MR) is 76.6 cm³/mol. The van der Waals surface area contributed by atoms with E-state index >= 15 is 0 Å². The summed E-state index contributed by atoms with van der Waals surface area (Å²) in [5.74, 6) is 1.18. The highest BCUT2D eigenvalue weighted by molar-refractivity contribution is 6.17. The normalized spacial score (nSPS) is 21.0. The summed E-state index contributed by atoms with van der Waals surface area (Å²) < 4.78 is 40.5. The Morgan fingerprint density at radius 1 is 1.38 bits per heavy atom. The van der Waals surface area contributed by atoms with Gasteiger partial charge in [-0.1, -0.05) is 13.8 Å². The van der Waals surface area contributed by atoms with Gasteiger partial charge in [-0.3, -0.25) is 0 Å². The lowest BCUT2D eigenvalue weighted by molar-refractivity contribution is -0.137. The quantitative estimate of drug-likeness (QED) is 0.743. The number of fused-ring (bicyclic) bond motifs is 1. The van der Waals surface area contributed by atoms with Crippen molar-refractivity contribution in [2.45, 2.75) is 38.9 Å². The molecule has 2 nitrogen and oxygen atoms in total. The number of nitrogens with zero attached hydrogens (tertiary/aromatic N) is 2. The zero-order valence-electron chi connectivity index (χ0n) is 11.8. The molecule has 0 radical (unpaired) electrons. The number of aromatic nitrogens is 2. The first-order valence-corrected chi connectivity index (χ1v) is 7.41. The third-order valence-corrected chi connectivity index (χ3v) is 4.37. The first kappa shape index (κ1) is 14.7. The van der Waals surface area contributed by atoms with E-state index in [2.05, 4.69) is 23.4 Å². The monoisotopic (exact) mass is 316 g/mol. The molecule has 1 heterocycles. The van der Waals surface area contributed by atoms with E-state index in [1.54, 1.807) is 0 Å². The van der Waals surface area contributed by atoms with Gasteiger partial charge in [-0.25, -0.2) is 4.98 Å². The van der Waals surface area contributed by atoms with Gasteiger partial charge in [0.2, 0.25) is 0 Å². The Balaban J connectivity index is 2.14. The van der Waals surface area contributed by atoms with Gasteiger partial charge >= 0.3 is 6.18 Å².